The molecule has 5 N–H and O–H groups in total. The Morgan fingerprint density at radius 1 is 1.24 bits per heavy atom. The second kappa shape index (κ2) is 8.37. The van der Waals surface area contributed by atoms with Gasteiger partial charge < -0.3 is 20.9 Å². The van der Waals surface area contributed by atoms with Gasteiger partial charge in [-0.1, -0.05) is 0 Å². The van der Waals surface area contributed by atoms with Crippen LogP contribution in [0.1, 0.15) is 34.1 Å². The Morgan fingerprint density at radius 3 is 1.88 bits per heavy atom. The van der Waals surface area contributed by atoms with Crippen LogP contribution in [-0.4, -0.2) is 30.1 Å². The van der Waals surface area contributed by atoms with Crippen LogP contribution in [0.2, 0.25) is 0 Å². The van der Waals surface area contributed by atoms with Crippen LogP contribution in [0.25, 0.3) is 0 Å². The van der Waals surface area contributed by atoms with Crippen LogP contribution < -0.4 is 11.5 Å². The van der Waals surface area contributed by atoms with E-state index in [9.17, 15) is 9.59 Å². The van der Waals surface area contributed by atoms with Crippen molar-refractivity contribution in [3.8, 4) is 0 Å². The lowest BCUT2D eigenvalue weighted by molar-refractivity contribution is -0.141. The van der Waals surface area contributed by atoms with E-state index in [-0.39, 0.29) is 12.3 Å². The van der Waals surface area contributed by atoms with Crippen LogP contribution in [0.5, 0.6) is 0 Å². The second-order valence-corrected chi connectivity index (χ2v) is 4.04. The van der Waals surface area contributed by atoms with E-state index in [0.29, 0.717) is 6.61 Å². The van der Waals surface area contributed by atoms with Crippen molar-refractivity contribution >= 4 is 17.9 Å². The first-order valence-corrected chi connectivity index (χ1v) is 5.05. The molecule has 0 aromatic carbocycles. The molecule has 0 aliphatic rings. The van der Waals surface area contributed by atoms with E-state index in [1.165, 1.54) is 0 Å². The third kappa shape index (κ3) is 20.3. The molecule has 0 radical (unpaired) electrons. The minimum Gasteiger partial charge on any atom is -0.466 e. The number of ether oxygens (including phenoxy) is 2. The van der Waals surface area contributed by atoms with Crippen LogP contribution in [0, 0.1) is 5.41 Å². The third-order valence-electron chi connectivity index (χ3n) is 1.05. The molecule has 0 fully saturated rings. The zero-order valence-corrected chi connectivity index (χ0v) is 10.7. The summed E-state index contributed by atoms with van der Waals surface area (Å²) in [5.41, 5.74) is 9.17. The highest BCUT2D eigenvalue weighted by Gasteiger charge is 2.12. The Balaban J connectivity index is 0. The molecule has 7 nitrogen and oxygen atoms in total. The molecule has 0 aromatic heterocycles. The maximum Gasteiger partial charge on any atom is 0.405 e. The molecule has 1 amide bonds. The van der Waals surface area contributed by atoms with Crippen LogP contribution in [0.4, 0.5) is 4.79 Å². The van der Waals surface area contributed by atoms with Crippen molar-refractivity contribution in [1.29, 1.82) is 5.41 Å². The van der Waals surface area contributed by atoms with Crippen molar-refractivity contribution in [2.24, 2.45) is 11.5 Å². The fourth-order valence-electron chi connectivity index (χ4n) is 0.669. The van der Waals surface area contributed by atoms with Gasteiger partial charge in [0.25, 0.3) is 0 Å². The number of carbonyl (C=O) groups is 2. The molecule has 0 bridgehead atoms. The van der Waals surface area contributed by atoms with Gasteiger partial charge in [-0.3, -0.25) is 10.2 Å². The molecule has 0 saturated carbocycles. The molecule has 0 aliphatic carbocycles. The van der Waals surface area contributed by atoms with E-state index < -0.39 is 17.7 Å². The van der Waals surface area contributed by atoms with Gasteiger partial charge in [0, 0.05) is 0 Å². The summed E-state index contributed by atoms with van der Waals surface area (Å²) < 4.78 is 9.07. The number of amidine groups is 1. The minimum absolute atomic E-state index is 0.103. The molecule has 0 rings (SSSR count). The van der Waals surface area contributed by atoms with Gasteiger partial charge in [0.05, 0.1) is 6.61 Å². The second-order valence-electron chi connectivity index (χ2n) is 4.04. The summed E-state index contributed by atoms with van der Waals surface area (Å²) in [6, 6.07) is 0. The minimum atomic E-state index is -0.725. The summed E-state index contributed by atoms with van der Waals surface area (Å²) in [7, 11) is 0. The molecule has 0 spiro atoms. The molecular weight excluding hydrogens is 226 g/mol. The maximum absolute atomic E-state index is 10.4. The fourth-order valence-corrected chi connectivity index (χ4v) is 0.669. The Morgan fingerprint density at radius 2 is 1.71 bits per heavy atom. The van der Waals surface area contributed by atoms with Crippen LogP contribution >= 0.6 is 0 Å². The van der Waals surface area contributed by atoms with E-state index in [0.717, 1.165) is 0 Å². The van der Waals surface area contributed by atoms with Gasteiger partial charge >= 0.3 is 12.1 Å². The van der Waals surface area contributed by atoms with Gasteiger partial charge in [0.15, 0.2) is 0 Å². The molecule has 17 heavy (non-hydrogen) atoms. The lowest BCUT2D eigenvalue weighted by atomic mass is 10.2. The summed E-state index contributed by atoms with van der Waals surface area (Å²) in [6.07, 6.45) is -0.828. The average Bonchev–Trinajstić information content (AvgIpc) is 1.97. The van der Waals surface area contributed by atoms with Gasteiger partial charge in [-0.05, 0) is 27.7 Å². The number of carbonyl (C=O) groups excluding carboxylic acids is 2. The first-order chi connectivity index (χ1) is 7.58. The number of amides is 1. The number of primary amides is 1. The standard InChI is InChI=1S/C5H10N2O2.C5H11NO2/c1-2-9-5(8)3-4(6)7;1-5(2,3)8-4(6)7/h2-3H2,1H3,(H3,6,7);1-3H3,(H2,6,7). The predicted molar refractivity (Wildman–Crippen MR) is 63.6 cm³/mol. The van der Waals surface area contributed by atoms with E-state index in [4.69, 9.17) is 16.9 Å². The van der Waals surface area contributed by atoms with Crippen molar-refractivity contribution in [2.45, 2.75) is 39.7 Å². The maximum atomic E-state index is 10.4. The summed E-state index contributed by atoms with van der Waals surface area (Å²) in [5, 5.41) is 6.68. The number of nitrogens with one attached hydrogen (secondary N) is 1. The Bertz CT molecular complexity index is 271. The van der Waals surface area contributed by atoms with Gasteiger partial charge in [-0.25, -0.2) is 4.79 Å². The van der Waals surface area contributed by atoms with Gasteiger partial charge in [-0.2, -0.15) is 0 Å². The van der Waals surface area contributed by atoms with Crippen LogP contribution in [0.3, 0.4) is 0 Å². The normalized spacial score (nSPS) is 9.65. The van der Waals surface area contributed by atoms with Gasteiger partial charge in [0.1, 0.15) is 17.9 Å². The summed E-state index contributed by atoms with van der Waals surface area (Å²) in [6.45, 7) is 7.33. The van der Waals surface area contributed by atoms with Crippen LogP contribution in [-0.2, 0) is 14.3 Å². The molecular formula is C10H21N3O4. The fraction of sp³-hybridized carbons (Fsp3) is 0.700. The zero-order chi connectivity index (χ0) is 14.1. The Hall–Kier alpha value is -1.79. The quantitative estimate of drug-likeness (QED) is 0.385. The summed E-state index contributed by atoms with van der Waals surface area (Å²) in [5.74, 6) is -0.599. The number of hydrogen-bond donors (Lipinski definition) is 3. The van der Waals surface area contributed by atoms with Crippen molar-refractivity contribution in [3.05, 3.63) is 0 Å². The number of nitrogens with two attached hydrogens (primary N) is 2. The lowest BCUT2D eigenvalue weighted by Crippen LogP contribution is -2.27. The summed E-state index contributed by atoms with van der Waals surface area (Å²) >= 11 is 0. The van der Waals surface area contributed by atoms with Crippen molar-refractivity contribution in [2.75, 3.05) is 6.61 Å². The van der Waals surface area contributed by atoms with Crippen LogP contribution in [0.15, 0.2) is 0 Å². The first-order valence-electron chi connectivity index (χ1n) is 5.05. The molecule has 0 aliphatic heterocycles. The molecule has 0 heterocycles. The van der Waals surface area contributed by atoms with E-state index in [2.05, 4.69) is 9.47 Å². The van der Waals surface area contributed by atoms with Crippen molar-refractivity contribution in [3.63, 3.8) is 0 Å². The number of esters is 1. The Kier molecular flexibility index (Phi) is 8.67. The van der Waals surface area contributed by atoms with E-state index in [1.807, 2.05) is 0 Å². The number of hydrogen-bond acceptors (Lipinski definition) is 5. The van der Waals surface area contributed by atoms with Crippen molar-refractivity contribution in [1.82, 2.24) is 0 Å². The third-order valence-corrected chi connectivity index (χ3v) is 1.05. The van der Waals surface area contributed by atoms with E-state index >= 15 is 0 Å². The molecule has 100 valence electrons. The highest BCUT2D eigenvalue weighted by Crippen LogP contribution is 2.04. The SMILES string of the molecule is CC(C)(C)OC(N)=O.CCOC(=O)CC(=N)N. The molecule has 0 unspecified atom stereocenters. The topological polar surface area (TPSA) is 128 Å². The molecule has 0 atom stereocenters. The molecule has 0 saturated heterocycles. The highest BCUT2D eigenvalue weighted by molar-refractivity contribution is 5.94. The van der Waals surface area contributed by atoms with Crippen molar-refractivity contribution < 1.29 is 19.1 Å². The monoisotopic (exact) mass is 247 g/mol. The highest BCUT2D eigenvalue weighted by atomic mass is 16.6. The Labute approximate surface area is 101 Å². The van der Waals surface area contributed by atoms with Gasteiger partial charge in [-0.15, -0.1) is 0 Å². The molecule has 7 heteroatoms. The van der Waals surface area contributed by atoms with E-state index in [1.54, 1.807) is 27.7 Å². The zero-order valence-electron chi connectivity index (χ0n) is 10.7. The lowest BCUT2D eigenvalue weighted by Gasteiger charge is -2.16. The first kappa shape index (κ1) is 17.6. The van der Waals surface area contributed by atoms with Gasteiger partial charge in [0.2, 0.25) is 0 Å². The predicted octanol–water partition coefficient (Wildman–Crippen LogP) is 0.756. The largest absolute Gasteiger partial charge is 0.466 e. The smallest absolute Gasteiger partial charge is 0.405 e. The summed E-state index contributed by atoms with van der Waals surface area (Å²) in [4.78, 5) is 20.4. The average molecular weight is 247 g/mol. The number of rotatable bonds is 3. The molecule has 0 aromatic rings.